The largest absolute Gasteiger partial charge is 0.497 e. The summed E-state index contributed by atoms with van der Waals surface area (Å²) in [6.07, 6.45) is 2.59. The Hall–Kier alpha value is -2.75. The molecule has 0 aliphatic rings. The molecule has 1 heterocycles. The summed E-state index contributed by atoms with van der Waals surface area (Å²) in [6, 6.07) is 16.3. The van der Waals surface area contributed by atoms with Crippen molar-refractivity contribution in [2.45, 2.75) is 26.2 Å². The number of amides is 1. The van der Waals surface area contributed by atoms with Gasteiger partial charge in [-0.2, -0.15) is 0 Å². The predicted octanol–water partition coefficient (Wildman–Crippen LogP) is 4.47. The third-order valence-corrected chi connectivity index (χ3v) is 4.61. The fourth-order valence-electron chi connectivity index (χ4n) is 3.28. The molecule has 0 aliphatic carbocycles. The van der Waals surface area contributed by atoms with Gasteiger partial charge in [-0.3, -0.25) is 4.79 Å². The van der Waals surface area contributed by atoms with Gasteiger partial charge in [0.1, 0.15) is 5.75 Å². The van der Waals surface area contributed by atoms with Crippen LogP contribution in [0.15, 0.2) is 54.7 Å². The molecule has 1 amide bonds. The van der Waals surface area contributed by atoms with Gasteiger partial charge in [-0.15, -0.1) is 0 Å². The summed E-state index contributed by atoms with van der Waals surface area (Å²) in [6.45, 7) is 4.68. The first kappa shape index (κ1) is 18.1. The molecule has 3 rings (SSSR count). The Morgan fingerprint density at radius 1 is 1.12 bits per heavy atom. The fraction of sp³-hybridized carbons (Fsp3) is 0.318. The molecule has 0 spiro atoms. The smallest absolute Gasteiger partial charge is 0.220 e. The number of carbonyl (C=O) groups excluding carboxylic acids is 1. The number of rotatable bonds is 7. The normalized spacial score (nSPS) is 12.3. The second kappa shape index (κ2) is 8.09. The minimum atomic E-state index is 0.0770. The third kappa shape index (κ3) is 4.07. The van der Waals surface area contributed by atoms with Crippen molar-refractivity contribution in [3.63, 3.8) is 0 Å². The molecule has 0 fully saturated rings. The fourth-order valence-corrected chi connectivity index (χ4v) is 3.28. The molecule has 0 unspecified atom stereocenters. The lowest BCUT2D eigenvalue weighted by atomic mass is 9.90. The maximum Gasteiger partial charge on any atom is 0.220 e. The molecule has 4 nitrogen and oxygen atoms in total. The maximum atomic E-state index is 12.2. The molecule has 0 saturated carbocycles. The summed E-state index contributed by atoms with van der Waals surface area (Å²) in [5.41, 5.74) is 3.45. The standard InChI is InChI=1S/C22H26N2O2/c1-15(2)12-22(25)24-13-19(16-8-10-17(26-3)11-9-16)20-14-23-21-7-5-4-6-18(20)21/h4-11,14-15,19,23H,12-13H2,1-3H3,(H,24,25)/t19-/m0/s1. The average Bonchev–Trinajstić information content (AvgIpc) is 3.06. The van der Waals surface area contributed by atoms with Gasteiger partial charge in [0.2, 0.25) is 5.91 Å². The van der Waals surface area contributed by atoms with Crippen LogP contribution in [0.4, 0.5) is 0 Å². The van der Waals surface area contributed by atoms with Gasteiger partial charge < -0.3 is 15.0 Å². The van der Waals surface area contributed by atoms with E-state index < -0.39 is 0 Å². The molecule has 0 radical (unpaired) electrons. The van der Waals surface area contributed by atoms with Crippen molar-refractivity contribution in [2.75, 3.05) is 13.7 Å². The predicted molar refractivity (Wildman–Crippen MR) is 106 cm³/mol. The number of para-hydroxylation sites is 1. The van der Waals surface area contributed by atoms with E-state index in [2.05, 4.69) is 48.4 Å². The minimum absolute atomic E-state index is 0.0770. The summed E-state index contributed by atoms with van der Waals surface area (Å²) in [7, 11) is 1.66. The number of carbonyl (C=O) groups is 1. The molecule has 4 heteroatoms. The Kier molecular flexibility index (Phi) is 5.61. The van der Waals surface area contributed by atoms with Crippen LogP contribution in [0.3, 0.4) is 0 Å². The van der Waals surface area contributed by atoms with Gasteiger partial charge >= 0.3 is 0 Å². The molecular weight excluding hydrogens is 324 g/mol. The number of hydrogen-bond donors (Lipinski definition) is 2. The van der Waals surface area contributed by atoms with Gasteiger partial charge in [-0.25, -0.2) is 0 Å². The highest BCUT2D eigenvalue weighted by Crippen LogP contribution is 2.31. The van der Waals surface area contributed by atoms with Gasteiger partial charge in [-0.1, -0.05) is 44.2 Å². The van der Waals surface area contributed by atoms with E-state index in [0.717, 1.165) is 16.8 Å². The zero-order chi connectivity index (χ0) is 18.5. The zero-order valence-electron chi connectivity index (χ0n) is 15.6. The van der Waals surface area contributed by atoms with E-state index >= 15 is 0 Å². The van der Waals surface area contributed by atoms with Crippen LogP contribution in [-0.4, -0.2) is 24.5 Å². The molecule has 0 bridgehead atoms. The van der Waals surface area contributed by atoms with E-state index in [-0.39, 0.29) is 11.8 Å². The van der Waals surface area contributed by atoms with E-state index in [1.807, 2.05) is 30.5 Å². The van der Waals surface area contributed by atoms with Gasteiger partial charge in [0.25, 0.3) is 0 Å². The number of ether oxygens (including phenoxy) is 1. The van der Waals surface area contributed by atoms with Gasteiger partial charge in [0, 0.05) is 36.0 Å². The van der Waals surface area contributed by atoms with Gasteiger partial charge in [-0.05, 0) is 35.2 Å². The van der Waals surface area contributed by atoms with Crippen LogP contribution >= 0.6 is 0 Å². The van der Waals surface area contributed by atoms with Crippen LogP contribution in [0.5, 0.6) is 5.75 Å². The molecule has 2 N–H and O–H groups in total. The first-order valence-electron chi connectivity index (χ1n) is 9.05. The topological polar surface area (TPSA) is 54.1 Å². The van der Waals surface area contributed by atoms with Gasteiger partial charge in [0.05, 0.1) is 7.11 Å². The molecule has 1 atom stereocenters. The first-order chi connectivity index (χ1) is 12.6. The van der Waals surface area contributed by atoms with Crippen LogP contribution in [-0.2, 0) is 4.79 Å². The number of benzene rings is 2. The maximum absolute atomic E-state index is 12.2. The lowest BCUT2D eigenvalue weighted by Crippen LogP contribution is -2.29. The lowest BCUT2D eigenvalue weighted by Gasteiger charge is -2.19. The number of H-pyrrole nitrogens is 1. The molecular formula is C22H26N2O2. The molecule has 1 aromatic heterocycles. The third-order valence-electron chi connectivity index (χ3n) is 4.61. The highest BCUT2D eigenvalue weighted by molar-refractivity contribution is 5.84. The quantitative estimate of drug-likeness (QED) is 0.660. The second-order valence-electron chi connectivity index (χ2n) is 7.02. The van der Waals surface area contributed by atoms with Crippen LogP contribution < -0.4 is 10.1 Å². The Labute approximate surface area is 154 Å². The van der Waals surface area contributed by atoms with E-state index in [1.165, 1.54) is 10.9 Å². The summed E-state index contributed by atoms with van der Waals surface area (Å²) in [5.74, 6) is 1.35. The zero-order valence-corrected chi connectivity index (χ0v) is 15.6. The van der Waals surface area contributed by atoms with Crippen LogP contribution in [0.2, 0.25) is 0 Å². The molecule has 26 heavy (non-hydrogen) atoms. The lowest BCUT2D eigenvalue weighted by molar-refractivity contribution is -0.121. The Balaban J connectivity index is 1.91. The average molecular weight is 350 g/mol. The molecule has 0 saturated heterocycles. The molecule has 0 aliphatic heterocycles. The van der Waals surface area contributed by atoms with Crippen LogP contribution in [0, 0.1) is 5.92 Å². The number of aromatic nitrogens is 1. The van der Waals surface area contributed by atoms with Crippen LogP contribution in [0.25, 0.3) is 10.9 Å². The number of fused-ring (bicyclic) bond motifs is 1. The number of aromatic amines is 1. The number of hydrogen-bond acceptors (Lipinski definition) is 2. The van der Waals surface area contributed by atoms with E-state index in [9.17, 15) is 4.79 Å². The molecule has 2 aromatic carbocycles. The van der Waals surface area contributed by atoms with Crippen molar-refractivity contribution in [1.82, 2.24) is 10.3 Å². The summed E-state index contributed by atoms with van der Waals surface area (Å²) < 4.78 is 5.28. The van der Waals surface area contributed by atoms with Crippen molar-refractivity contribution < 1.29 is 9.53 Å². The molecule has 136 valence electrons. The van der Waals surface area contributed by atoms with Gasteiger partial charge in [0.15, 0.2) is 0 Å². The van der Waals surface area contributed by atoms with Crippen molar-refractivity contribution in [3.05, 3.63) is 65.9 Å². The monoisotopic (exact) mass is 350 g/mol. The van der Waals surface area contributed by atoms with E-state index in [1.54, 1.807) is 7.11 Å². The Bertz CT molecular complexity index is 865. The highest BCUT2D eigenvalue weighted by atomic mass is 16.5. The van der Waals surface area contributed by atoms with Crippen molar-refractivity contribution in [2.24, 2.45) is 5.92 Å². The Morgan fingerprint density at radius 2 is 1.85 bits per heavy atom. The SMILES string of the molecule is COc1ccc([C@H](CNC(=O)CC(C)C)c2c[nH]c3ccccc23)cc1. The summed E-state index contributed by atoms with van der Waals surface area (Å²) >= 11 is 0. The van der Waals surface area contributed by atoms with E-state index in [4.69, 9.17) is 4.74 Å². The number of nitrogens with one attached hydrogen (secondary N) is 2. The van der Waals surface area contributed by atoms with Crippen molar-refractivity contribution >= 4 is 16.8 Å². The Morgan fingerprint density at radius 3 is 2.54 bits per heavy atom. The summed E-state index contributed by atoms with van der Waals surface area (Å²) in [5, 5.41) is 4.30. The van der Waals surface area contributed by atoms with E-state index in [0.29, 0.717) is 18.9 Å². The summed E-state index contributed by atoms with van der Waals surface area (Å²) in [4.78, 5) is 15.5. The van der Waals surface area contributed by atoms with Crippen molar-refractivity contribution in [1.29, 1.82) is 0 Å². The second-order valence-corrected chi connectivity index (χ2v) is 7.02. The first-order valence-corrected chi connectivity index (χ1v) is 9.05. The van der Waals surface area contributed by atoms with Crippen molar-refractivity contribution in [3.8, 4) is 5.75 Å². The minimum Gasteiger partial charge on any atom is -0.497 e. The van der Waals surface area contributed by atoms with Crippen LogP contribution in [0.1, 0.15) is 37.3 Å². The number of methoxy groups -OCH3 is 1. The molecule has 3 aromatic rings. The highest BCUT2D eigenvalue weighted by Gasteiger charge is 2.19.